The summed E-state index contributed by atoms with van der Waals surface area (Å²) in [5.41, 5.74) is 3.61. The first-order valence-electron chi connectivity index (χ1n) is 13.4. The molecular formula is C31H38ClN3O4S. The summed E-state index contributed by atoms with van der Waals surface area (Å²) >= 11 is 6.42. The largest absolute Gasteiger partial charge is 0.352 e. The van der Waals surface area contributed by atoms with Gasteiger partial charge in [-0.2, -0.15) is 0 Å². The second kappa shape index (κ2) is 13.3. The smallest absolute Gasteiger partial charge is 0.264 e. The molecule has 0 spiro atoms. The summed E-state index contributed by atoms with van der Waals surface area (Å²) in [5.74, 6) is -0.849. The molecule has 3 aromatic carbocycles. The molecular weight excluding hydrogens is 546 g/mol. The van der Waals surface area contributed by atoms with E-state index in [4.69, 9.17) is 11.6 Å². The predicted molar refractivity (Wildman–Crippen MR) is 161 cm³/mol. The summed E-state index contributed by atoms with van der Waals surface area (Å²) in [5, 5.41) is 3.38. The van der Waals surface area contributed by atoms with Gasteiger partial charge in [-0.25, -0.2) is 8.42 Å². The highest BCUT2D eigenvalue weighted by molar-refractivity contribution is 7.92. The number of nitrogens with zero attached hydrogens (tertiary/aromatic N) is 2. The van der Waals surface area contributed by atoms with E-state index in [0.717, 1.165) is 27.4 Å². The molecule has 0 aromatic heterocycles. The lowest BCUT2D eigenvalue weighted by Gasteiger charge is -2.33. The number of hydrogen-bond acceptors (Lipinski definition) is 4. The monoisotopic (exact) mass is 583 g/mol. The minimum absolute atomic E-state index is 0.0405. The van der Waals surface area contributed by atoms with Gasteiger partial charge in [-0.05, 0) is 82.0 Å². The van der Waals surface area contributed by atoms with Gasteiger partial charge in [-0.1, -0.05) is 66.6 Å². The average Bonchev–Trinajstić information content (AvgIpc) is 2.92. The fraction of sp³-hybridized carbons (Fsp3) is 0.355. The van der Waals surface area contributed by atoms with Crippen LogP contribution in [0.1, 0.15) is 49.4 Å². The fourth-order valence-electron chi connectivity index (χ4n) is 4.21. The average molecular weight is 584 g/mol. The van der Waals surface area contributed by atoms with E-state index in [2.05, 4.69) is 5.32 Å². The molecule has 0 saturated carbocycles. The summed E-state index contributed by atoms with van der Waals surface area (Å²) in [6, 6.07) is 18.0. The van der Waals surface area contributed by atoms with Gasteiger partial charge in [0.15, 0.2) is 0 Å². The van der Waals surface area contributed by atoms with Gasteiger partial charge in [0, 0.05) is 17.6 Å². The standard InChI is InChI=1S/C31H38ClN3O4S/c1-7-23(4)33-31(37)25(6)34(19-26-12-8-9-13-28(26)32)30(36)20-35(29-14-10-11-22(3)24(29)5)40(38,39)27-17-15-21(2)16-18-27/h8-18,23,25H,7,19-20H2,1-6H3,(H,33,37)/t23-,25-/m1/s1. The third kappa shape index (κ3) is 7.23. The maximum Gasteiger partial charge on any atom is 0.264 e. The molecule has 214 valence electrons. The number of anilines is 1. The van der Waals surface area contributed by atoms with Gasteiger partial charge in [-0.3, -0.25) is 13.9 Å². The highest BCUT2D eigenvalue weighted by Gasteiger charge is 2.33. The van der Waals surface area contributed by atoms with Crippen LogP contribution in [0.25, 0.3) is 0 Å². The zero-order valence-electron chi connectivity index (χ0n) is 23.9. The summed E-state index contributed by atoms with van der Waals surface area (Å²) < 4.78 is 29.2. The predicted octanol–water partition coefficient (Wildman–Crippen LogP) is 5.79. The molecule has 2 atom stereocenters. The zero-order chi connectivity index (χ0) is 29.6. The second-order valence-electron chi connectivity index (χ2n) is 10.2. The SMILES string of the molecule is CC[C@@H](C)NC(=O)[C@@H](C)N(Cc1ccccc1Cl)C(=O)CN(c1cccc(C)c1C)S(=O)(=O)c1ccc(C)cc1. The summed E-state index contributed by atoms with van der Waals surface area (Å²) in [6.45, 7) is 10.6. The van der Waals surface area contributed by atoms with Crippen molar-refractivity contribution in [2.24, 2.45) is 0 Å². The van der Waals surface area contributed by atoms with Gasteiger partial charge in [0.2, 0.25) is 11.8 Å². The first-order valence-corrected chi connectivity index (χ1v) is 15.2. The van der Waals surface area contributed by atoms with Crippen molar-refractivity contribution in [3.05, 3.63) is 94.0 Å². The van der Waals surface area contributed by atoms with E-state index in [1.807, 2.05) is 40.7 Å². The maximum atomic E-state index is 14.1. The molecule has 3 rings (SSSR count). The van der Waals surface area contributed by atoms with Crippen LogP contribution in [0.5, 0.6) is 0 Å². The molecule has 1 N–H and O–H groups in total. The van der Waals surface area contributed by atoms with Gasteiger partial charge in [0.05, 0.1) is 10.6 Å². The van der Waals surface area contributed by atoms with Crippen LogP contribution in [0, 0.1) is 20.8 Å². The van der Waals surface area contributed by atoms with E-state index < -0.39 is 28.5 Å². The third-order valence-electron chi connectivity index (χ3n) is 7.20. The van der Waals surface area contributed by atoms with E-state index in [1.165, 1.54) is 17.0 Å². The van der Waals surface area contributed by atoms with Gasteiger partial charge in [0.1, 0.15) is 12.6 Å². The van der Waals surface area contributed by atoms with Crippen molar-refractivity contribution in [1.29, 1.82) is 0 Å². The quantitative estimate of drug-likeness (QED) is 0.309. The molecule has 3 aromatic rings. The number of aryl methyl sites for hydroxylation is 2. The van der Waals surface area contributed by atoms with Crippen LogP contribution in [-0.2, 0) is 26.2 Å². The highest BCUT2D eigenvalue weighted by atomic mass is 35.5. The molecule has 0 aliphatic heterocycles. The minimum Gasteiger partial charge on any atom is -0.352 e. The van der Waals surface area contributed by atoms with Crippen molar-refractivity contribution < 1.29 is 18.0 Å². The first-order chi connectivity index (χ1) is 18.9. The van der Waals surface area contributed by atoms with Crippen LogP contribution in [0.2, 0.25) is 5.02 Å². The van der Waals surface area contributed by atoms with Gasteiger partial charge in [0.25, 0.3) is 10.0 Å². The van der Waals surface area contributed by atoms with Crippen molar-refractivity contribution in [2.45, 2.75) is 71.5 Å². The maximum absolute atomic E-state index is 14.1. The van der Waals surface area contributed by atoms with E-state index in [-0.39, 0.29) is 23.4 Å². The number of sulfonamides is 1. The van der Waals surface area contributed by atoms with Crippen molar-refractivity contribution in [3.8, 4) is 0 Å². The Morgan fingerprint density at radius 2 is 1.57 bits per heavy atom. The van der Waals surface area contributed by atoms with Gasteiger partial charge in [-0.15, -0.1) is 0 Å². The lowest BCUT2D eigenvalue weighted by Crippen LogP contribution is -2.52. The molecule has 2 amide bonds. The number of carbonyl (C=O) groups is 2. The fourth-order valence-corrected chi connectivity index (χ4v) is 5.88. The minimum atomic E-state index is -4.13. The molecule has 0 bridgehead atoms. The van der Waals surface area contributed by atoms with Crippen molar-refractivity contribution in [2.75, 3.05) is 10.8 Å². The Labute approximate surface area is 243 Å². The van der Waals surface area contributed by atoms with E-state index in [0.29, 0.717) is 16.3 Å². The highest BCUT2D eigenvalue weighted by Crippen LogP contribution is 2.29. The Morgan fingerprint density at radius 3 is 2.20 bits per heavy atom. The number of rotatable bonds is 11. The number of benzene rings is 3. The Morgan fingerprint density at radius 1 is 0.925 bits per heavy atom. The Balaban J connectivity index is 2.08. The molecule has 0 aliphatic rings. The summed E-state index contributed by atoms with van der Waals surface area (Å²) in [7, 11) is -4.13. The molecule has 7 nitrogen and oxygen atoms in total. The van der Waals surface area contributed by atoms with Crippen LogP contribution in [-0.4, -0.2) is 43.8 Å². The molecule has 0 radical (unpaired) electrons. The van der Waals surface area contributed by atoms with Crippen LogP contribution in [0.15, 0.2) is 71.6 Å². The van der Waals surface area contributed by atoms with Gasteiger partial charge < -0.3 is 10.2 Å². The Hall–Kier alpha value is -3.36. The summed E-state index contributed by atoms with van der Waals surface area (Å²) in [4.78, 5) is 28.7. The van der Waals surface area contributed by atoms with Crippen LogP contribution in [0.3, 0.4) is 0 Å². The molecule has 0 aliphatic carbocycles. The molecule has 0 fully saturated rings. The number of amides is 2. The van der Waals surface area contributed by atoms with Crippen molar-refractivity contribution >= 4 is 39.1 Å². The van der Waals surface area contributed by atoms with Gasteiger partial charge >= 0.3 is 0 Å². The topological polar surface area (TPSA) is 86.8 Å². The Kier molecular flexibility index (Phi) is 10.4. The number of nitrogens with one attached hydrogen (secondary N) is 1. The molecule has 0 saturated heterocycles. The number of hydrogen-bond donors (Lipinski definition) is 1. The van der Waals surface area contributed by atoms with E-state index in [9.17, 15) is 18.0 Å². The van der Waals surface area contributed by atoms with Crippen molar-refractivity contribution in [1.82, 2.24) is 10.2 Å². The number of halogens is 1. The summed E-state index contributed by atoms with van der Waals surface area (Å²) in [6.07, 6.45) is 0.728. The molecule has 0 unspecified atom stereocenters. The van der Waals surface area contributed by atoms with Crippen LogP contribution < -0.4 is 9.62 Å². The van der Waals surface area contributed by atoms with E-state index in [1.54, 1.807) is 55.5 Å². The van der Waals surface area contributed by atoms with E-state index >= 15 is 0 Å². The van der Waals surface area contributed by atoms with Crippen molar-refractivity contribution in [3.63, 3.8) is 0 Å². The third-order valence-corrected chi connectivity index (χ3v) is 9.34. The zero-order valence-corrected chi connectivity index (χ0v) is 25.5. The lowest BCUT2D eigenvalue weighted by molar-refractivity contribution is -0.139. The molecule has 40 heavy (non-hydrogen) atoms. The lowest BCUT2D eigenvalue weighted by atomic mass is 10.1. The normalized spacial score (nSPS) is 12.9. The molecule has 0 heterocycles. The molecule has 9 heteroatoms. The Bertz CT molecular complexity index is 1460. The number of carbonyl (C=O) groups excluding carboxylic acids is 2. The first kappa shape index (κ1) is 31.2. The van der Waals surface area contributed by atoms with Crippen LogP contribution in [0.4, 0.5) is 5.69 Å². The second-order valence-corrected chi connectivity index (χ2v) is 12.4. The van der Waals surface area contributed by atoms with Crippen LogP contribution >= 0.6 is 11.6 Å².